The summed E-state index contributed by atoms with van der Waals surface area (Å²) in [6, 6.07) is 0. The van der Waals surface area contributed by atoms with Crippen LogP contribution in [0, 0.1) is 0 Å². The lowest BCUT2D eigenvalue weighted by Crippen LogP contribution is -2.56. The molecule has 1 atom stereocenters. The molecule has 0 spiro atoms. The number of hydrogen-bond donors (Lipinski definition) is 3. The zero-order chi connectivity index (χ0) is 11.7. The minimum absolute atomic E-state index is 0.0131. The predicted molar refractivity (Wildman–Crippen MR) is 51.4 cm³/mol. The second-order valence-electron chi connectivity index (χ2n) is 3.56. The Balaban J connectivity index is 2.89. The smallest absolute Gasteiger partial charge is 0.399 e. The molecule has 6 heteroatoms. The van der Waals surface area contributed by atoms with Crippen molar-refractivity contribution >= 4 is 0 Å². The largest absolute Gasteiger partial charge is 0.417 e. The topological polar surface area (TPSA) is 64.1 Å². The van der Waals surface area contributed by atoms with Gasteiger partial charge in [0.05, 0.1) is 5.57 Å². The van der Waals surface area contributed by atoms with E-state index in [4.69, 9.17) is 11.5 Å². The van der Waals surface area contributed by atoms with Crippen molar-refractivity contribution in [1.29, 1.82) is 0 Å². The van der Waals surface area contributed by atoms with Crippen LogP contribution in [0.4, 0.5) is 13.2 Å². The monoisotopic (exact) mass is 221 g/mol. The molecule has 5 N–H and O–H groups in total. The maximum Gasteiger partial charge on any atom is 0.417 e. The summed E-state index contributed by atoms with van der Waals surface area (Å²) in [6.45, 7) is 1.88. The molecule has 1 heterocycles. The van der Waals surface area contributed by atoms with Gasteiger partial charge >= 0.3 is 6.18 Å². The van der Waals surface area contributed by atoms with Crippen molar-refractivity contribution in [2.24, 2.45) is 11.5 Å². The molecule has 15 heavy (non-hydrogen) atoms. The quantitative estimate of drug-likeness (QED) is 0.659. The molecule has 0 aliphatic carbocycles. The second kappa shape index (κ2) is 3.77. The molecule has 0 saturated carbocycles. The van der Waals surface area contributed by atoms with Gasteiger partial charge in [0, 0.05) is 11.9 Å². The number of allylic oxidation sites excluding steroid dienone is 2. The van der Waals surface area contributed by atoms with E-state index in [1.165, 1.54) is 0 Å². The van der Waals surface area contributed by atoms with Crippen molar-refractivity contribution < 1.29 is 13.2 Å². The van der Waals surface area contributed by atoms with Crippen LogP contribution in [-0.4, -0.2) is 11.8 Å². The Labute approximate surface area is 86.0 Å². The molecule has 0 aromatic carbocycles. The molecule has 0 radical (unpaired) electrons. The van der Waals surface area contributed by atoms with E-state index in [2.05, 4.69) is 5.32 Å². The Morgan fingerprint density at radius 2 is 2.07 bits per heavy atom. The highest BCUT2D eigenvalue weighted by Crippen LogP contribution is 2.30. The molecule has 0 fully saturated rings. The third kappa shape index (κ3) is 2.44. The van der Waals surface area contributed by atoms with E-state index in [1.807, 2.05) is 6.92 Å². The highest BCUT2D eigenvalue weighted by atomic mass is 19.4. The predicted octanol–water partition coefficient (Wildman–Crippen LogP) is 1.33. The van der Waals surface area contributed by atoms with Crippen LogP contribution < -0.4 is 16.8 Å². The highest BCUT2D eigenvalue weighted by Gasteiger charge is 2.38. The van der Waals surface area contributed by atoms with Crippen LogP contribution in [0.5, 0.6) is 0 Å². The molecular formula is C9H14F3N3. The molecule has 0 aromatic rings. The molecule has 3 nitrogen and oxygen atoms in total. The molecule has 86 valence electrons. The maximum atomic E-state index is 12.3. The molecule has 1 unspecified atom stereocenters. The second-order valence-corrected chi connectivity index (χ2v) is 3.56. The average Bonchev–Trinajstić information content (AvgIpc) is 2.08. The molecule has 0 saturated heterocycles. The number of hydrogen-bond acceptors (Lipinski definition) is 3. The van der Waals surface area contributed by atoms with E-state index in [-0.39, 0.29) is 5.70 Å². The first-order valence-electron chi connectivity index (χ1n) is 4.61. The van der Waals surface area contributed by atoms with E-state index < -0.39 is 17.4 Å². The van der Waals surface area contributed by atoms with E-state index in [9.17, 15) is 13.2 Å². The Bertz CT molecular complexity index is 306. The van der Waals surface area contributed by atoms with Crippen molar-refractivity contribution in [2.75, 3.05) is 0 Å². The summed E-state index contributed by atoms with van der Waals surface area (Å²) < 4.78 is 36.9. The first kappa shape index (κ1) is 11.9. The first-order valence-corrected chi connectivity index (χ1v) is 4.61. The summed E-state index contributed by atoms with van der Waals surface area (Å²) in [4.78, 5) is 0. The van der Waals surface area contributed by atoms with Gasteiger partial charge in [-0.25, -0.2) is 0 Å². The van der Waals surface area contributed by atoms with Crippen molar-refractivity contribution in [3.05, 3.63) is 23.5 Å². The zero-order valence-electron chi connectivity index (χ0n) is 8.36. The van der Waals surface area contributed by atoms with Gasteiger partial charge in [0.2, 0.25) is 0 Å². The van der Waals surface area contributed by atoms with Crippen molar-refractivity contribution in [1.82, 2.24) is 5.32 Å². The molecule has 0 amide bonds. The minimum Gasteiger partial charge on any atom is -0.399 e. The van der Waals surface area contributed by atoms with Gasteiger partial charge in [0.1, 0.15) is 5.66 Å². The van der Waals surface area contributed by atoms with E-state index in [1.54, 1.807) is 0 Å². The first-order chi connectivity index (χ1) is 6.79. The van der Waals surface area contributed by atoms with Gasteiger partial charge in [-0.15, -0.1) is 0 Å². The van der Waals surface area contributed by atoms with E-state index in [0.717, 1.165) is 18.7 Å². The normalized spacial score (nSPS) is 26.7. The van der Waals surface area contributed by atoms with Gasteiger partial charge in [-0.05, 0) is 12.5 Å². The standard InChI is InChI=1S/C9H14F3N3/c1-2-3-8(14)7(13)4-6(5-15-8)9(10,11)12/h4-5,15H,2-3,13-14H2,1H3. The zero-order valence-corrected chi connectivity index (χ0v) is 8.36. The summed E-state index contributed by atoms with van der Waals surface area (Å²) in [6.07, 6.45) is -1.44. The van der Waals surface area contributed by atoms with Crippen molar-refractivity contribution in [3.8, 4) is 0 Å². The number of dihydropyridines is 1. The van der Waals surface area contributed by atoms with Gasteiger partial charge in [-0.1, -0.05) is 13.3 Å². The Kier molecular flexibility index (Phi) is 2.99. The van der Waals surface area contributed by atoms with Gasteiger partial charge in [0.15, 0.2) is 0 Å². The van der Waals surface area contributed by atoms with Gasteiger partial charge in [0.25, 0.3) is 0 Å². The Morgan fingerprint density at radius 3 is 2.47 bits per heavy atom. The summed E-state index contributed by atoms with van der Waals surface area (Å²) in [5, 5.41) is 2.51. The fourth-order valence-corrected chi connectivity index (χ4v) is 1.40. The molecular weight excluding hydrogens is 207 g/mol. The number of alkyl halides is 3. The number of nitrogens with one attached hydrogen (secondary N) is 1. The van der Waals surface area contributed by atoms with Crippen LogP contribution in [0.25, 0.3) is 0 Å². The fourth-order valence-electron chi connectivity index (χ4n) is 1.40. The molecule has 1 rings (SSSR count). The summed E-state index contributed by atoms with van der Waals surface area (Å²) in [7, 11) is 0. The molecule has 0 aromatic heterocycles. The third-order valence-corrected chi connectivity index (χ3v) is 2.28. The SMILES string of the molecule is CCCC1(N)NC=C(C(F)(F)F)C=C1N. The third-order valence-electron chi connectivity index (χ3n) is 2.28. The Hall–Kier alpha value is -1.17. The highest BCUT2D eigenvalue weighted by molar-refractivity contribution is 5.35. The summed E-state index contributed by atoms with van der Waals surface area (Å²) >= 11 is 0. The molecule has 0 bridgehead atoms. The lowest BCUT2D eigenvalue weighted by molar-refractivity contribution is -0.0891. The summed E-state index contributed by atoms with van der Waals surface area (Å²) in [5.74, 6) is 0. The molecule has 1 aliphatic rings. The lowest BCUT2D eigenvalue weighted by Gasteiger charge is -2.34. The minimum atomic E-state index is -4.40. The average molecular weight is 221 g/mol. The number of nitrogens with two attached hydrogens (primary N) is 2. The van der Waals surface area contributed by atoms with Gasteiger partial charge in [-0.3, -0.25) is 0 Å². The van der Waals surface area contributed by atoms with E-state index in [0.29, 0.717) is 6.42 Å². The lowest BCUT2D eigenvalue weighted by atomic mass is 9.97. The van der Waals surface area contributed by atoms with Gasteiger partial charge in [-0.2, -0.15) is 13.2 Å². The number of rotatable bonds is 2. The van der Waals surface area contributed by atoms with Crippen LogP contribution in [0.3, 0.4) is 0 Å². The van der Waals surface area contributed by atoms with E-state index >= 15 is 0 Å². The maximum absolute atomic E-state index is 12.3. The van der Waals surface area contributed by atoms with Crippen LogP contribution in [0.1, 0.15) is 19.8 Å². The fraction of sp³-hybridized carbons (Fsp3) is 0.556. The Morgan fingerprint density at radius 1 is 1.47 bits per heavy atom. The van der Waals surface area contributed by atoms with Crippen molar-refractivity contribution in [2.45, 2.75) is 31.6 Å². The van der Waals surface area contributed by atoms with Crippen LogP contribution in [-0.2, 0) is 0 Å². The molecule has 1 aliphatic heterocycles. The van der Waals surface area contributed by atoms with Crippen LogP contribution in [0.15, 0.2) is 23.5 Å². The number of halogens is 3. The van der Waals surface area contributed by atoms with Crippen LogP contribution >= 0.6 is 0 Å². The van der Waals surface area contributed by atoms with Crippen LogP contribution in [0.2, 0.25) is 0 Å². The summed E-state index contributed by atoms with van der Waals surface area (Å²) in [5.41, 5.74) is 9.47. The van der Waals surface area contributed by atoms with Gasteiger partial charge < -0.3 is 16.8 Å². The van der Waals surface area contributed by atoms with Crippen molar-refractivity contribution in [3.63, 3.8) is 0 Å².